The molecule has 26 heavy (non-hydrogen) atoms. The normalized spacial score (nSPS) is 12.6. The third kappa shape index (κ3) is 6.91. The first kappa shape index (κ1) is 21.8. The fraction of sp³-hybridized carbons (Fsp3) is 0.435. The van der Waals surface area contributed by atoms with Gasteiger partial charge in [-0.1, -0.05) is 70.2 Å². The predicted octanol–water partition coefficient (Wildman–Crippen LogP) is 5.56. The molecule has 0 aromatic heterocycles. The monoisotopic (exact) mass is 355 g/mol. The van der Waals surface area contributed by atoms with Gasteiger partial charge in [0.25, 0.3) is 0 Å². The predicted molar refractivity (Wildman–Crippen MR) is 109 cm³/mol. The van der Waals surface area contributed by atoms with E-state index in [0.717, 1.165) is 23.5 Å². The molecule has 0 aliphatic heterocycles. The molecule has 1 N–H and O–H groups in total. The van der Waals surface area contributed by atoms with E-state index in [1.165, 1.54) is 12.8 Å². The standard InChI is InChI=1S/C22H29NO2.CH4/c1-4-8-17(2)16-25-21-13-11-19(12-14-21)15-23-22(24)18(3)20-9-6-5-7-10-20;/h5-7,9-14,17-18H,4,8,15-16H2,1-3H3,(H,23,24);1H4. The van der Waals surface area contributed by atoms with Crippen LogP contribution < -0.4 is 10.1 Å². The smallest absolute Gasteiger partial charge is 0.227 e. The number of nitrogens with one attached hydrogen (secondary N) is 1. The maximum absolute atomic E-state index is 12.3. The third-order valence-corrected chi connectivity index (χ3v) is 4.40. The van der Waals surface area contributed by atoms with E-state index in [-0.39, 0.29) is 19.3 Å². The van der Waals surface area contributed by atoms with Gasteiger partial charge in [0, 0.05) is 6.54 Å². The number of hydrogen-bond donors (Lipinski definition) is 1. The maximum Gasteiger partial charge on any atom is 0.227 e. The molecule has 0 saturated carbocycles. The second-order valence-corrected chi connectivity index (χ2v) is 6.70. The molecule has 0 saturated heterocycles. The Labute approximate surface area is 158 Å². The molecular formula is C23H33NO2. The Morgan fingerprint density at radius 1 is 1.04 bits per heavy atom. The van der Waals surface area contributed by atoms with Crippen molar-refractivity contribution in [1.29, 1.82) is 0 Å². The lowest BCUT2D eigenvalue weighted by Gasteiger charge is -2.14. The van der Waals surface area contributed by atoms with Crippen LogP contribution in [-0.4, -0.2) is 12.5 Å². The van der Waals surface area contributed by atoms with E-state index < -0.39 is 0 Å². The summed E-state index contributed by atoms with van der Waals surface area (Å²) in [5.41, 5.74) is 2.10. The van der Waals surface area contributed by atoms with Gasteiger partial charge in [-0.2, -0.15) is 0 Å². The molecule has 0 aliphatic rings. The van der Waals surface area contributed by atoms with Crippen LogP contribution in [0.5, 0.6) is 5.75 Å². The lowest BCUT2D eigenvalue weighted by molar-refractivity contribution is -0.122. The van der Waals surface area contributed by atoms with Gasteiger partial charge in [0.05, 0.1) is 12.5 Å². The first-order valence-corrected chi connectivity index (χ1v) is 9.14. The van der Waals surface area contributed by atoms with Gasteiger partial charge >= 0.3 is 0 Å². The van der Waals surface area contributed by atoms with Gasteiger partial charge in [-0.25, -0.2) is 0 Å². The number of carbonyl (C=O) groups is 1. The highest BCUT2D eigenvalue weighted by molar-refractivity contribution is 5.83. The number of rotatable bonds is 9. The van der Waals surface area contributed by atoms with Crippen LogP contribution >= 0.6 is 0 Å². The summed E-state index contributed by atoms with van der Waals surface area (Å²) in [6.45, 7) is 7.61. The van der Waals surface area contributed by atoms with Gasteiger partial charge in [0.2, 0.25) is 5.91 Å². The van der Waals surface area contributed by atoms with Gasteiger partial charge in [0.1, 0.15) is 5.75 Å². The molecule has 0 aliphatic carbocycles. The summed E-state index contributed by atoms with van der Waals surface area (Å²) in [5.74, 6) is 1.35. The van der Waals surface area contributed by atoms with Crippen molar-refractivity contribution < 1.29 is 9.53 Å². The SMILES string of the molecule is C.CCCC(C)COc1ccc(CNC(=O)C(C)c2ccccc2)cc1. The molecule has 0 spiro atoms. The summed E-state index contributed by atoms with van der Waals surface area (Å²) in [6, 6.07) is 17.8. The van der Waals surface area contributed by atoms with Crippen molar-refractivity contribution in [2.24, 2.45) is 5.92 Å². The molecule has 2 aromatic carbocycles. The summed E-state index contributed by atoms with van der Waals surface area (Å²) in [4.78, 5) is 12.3. The topological polar surface area (TPSA) is 38.3 Å². The van der Waals surface area contributed by atoms with E-state index in [1.54, 1.807) is 0 Å². The van der Waals surface area contributed by atoms with Crippen molar-refractivity contribution in [3.05, 3.63) is 65.7 Å². The van der Waals surface area contributed by atoms with Crippen LogP contribution in [0.3, 0.4) is 0 Å². The van der Waals surface area contributed by atoms with E-state index in [0.29, 0.717) is 12.5 Å². The molecule has 2 unspecified atom stereocenters. The molecular weight excluding hydrogens is 322 g/mol. The largest absolute Gasteiger partial charge is 0.493 e. The zero-order valence-corrected chi connectivity index (χ0v) is 15.5. The Kier molecular flexibility index (Phi) is 9.50. The highest BCUT2D eigenvalue weighted by Crippen LogP contribution is 2.16. The lowest BCUT2D eigenvalue weighted by Crippen LogP contribution is -2.27. The van der Waals surface area contributed by atoms with Crippen LogP contribution in [0.25, 0.3) is 0 Å². The molecule has 3 nitrogen and oxygen atoms in total. The Bertz CT molecular complexity index is 637. The van der Waals surface area contributed by atoms with Crippen molar-refractivity contribution in [3.63, 3.8) is 0 Å². The van der Waals surface area contributed by atoms with E-state index >= 15 is 0 Å². The Balaban J connectivity index is 0.00000338. The summed E-state index contributed by atoms with van der Waals surface area (Å²) in [7, 11) is 0. The molecule has 3 heteroatoms. The van der Waals surface area contributed by atoms with Gasteiger partial charge in [-0.15, -0.1) is 0 Å². The summed E-state index contributed by atoms with van der Waals surface area (Å²) < 4.78 is 5.81. The van der Waals surface area contributed by atoms with Crippen molar-refractivity contribution >= 4 is 5.91 Å². The van der Waals surface area contributed by atoms with Crippen molar-refractivity contribution in [1.82, 2.24) is 5.32 Å². The third-order valence-electron chi connectivity index (χ3n) is 4.40. The van der Waals surface area contributed by atoms with Crippen LogP contribution in [0.1, 0.15) is 58.1 Å². The molecule has 0 fully saturated rings. The fourth-order valence-corrected chi connectivity index (χ4v) is 2.75. The first-order valence-electron chi connectivity index (χ1n) is 9.14. The molecule has 2 rings (SSSR count). The van der Waals surface area contributed by atoms with Crippen molar-refractivity contribution in [2.75, 3.05) is 6.61 Å². The quantitative estimate of drug-likeness (QED) is 0.640. The molecule has 142 valence electrons. The Morgan fingerprint density at radius 3 is 2.31 bits per heavy atom. The number of carbonyl (C=O) groups excluding carboxylic acids is 1. The van der Waals surface area contributed by atoms with Crippen LogP contribution in [0.2, 0.25) is 0 Å². The lowest BCUT2D eigenvalue weighted by atomic mass is 10.0. The average molecular weight is 356 g/mol. The average Bonchev–Trinajstić information content (AvgIpc) is 2.65. The van der Waals surface area contributed by atoms with Crippen molar-refractivity contribution in [3.8, 4) is 5.75 Å². The maximum atomic E-state index is 12.3. The van der Waals surface area contributed by atoms with E-state index in [9.17, 15) is 4.79 Å². The minimum Gasteiger partial charge on any atom is -0.493 e. The Hall–Kier alpha value is -2.29. The summed E-state index contributed by atoms with van der Waals surface area (Å²) >= 11 is 0. The zero-order valence-electron chi connectivity index (χ0n) is 15.5. The Morgan fingerprint density at radius 2 is 1.69 bits per heavy atom. The van der Waals surface area contributed by atoms with E-state index in [2.05, 4.69) is 19.2 Å². The van der Waals surface area contributed by atoms with Crippen LogP contribution in [-0.2, 0) is 11.3 Å². The highest BCUT2D eigenvalue weighted by Gasteiger charge is 2.14. The molecule has 1 amide bonds. The zero-order chi connectivity index (χ0) is 18.1. The van der Waals surface area contributed by atoms with Crippen LogP contribution in [0.15, 0.2) is 54.6 Å². The van der Waals surface area contributed by atoms with E-state index in [4.69, 9.17) is 4.74 Å². The second-order valence-electron chi connectivity index (χ2n) is 6.70. The number of amides is 1. The van der Waals surface area contributed by atoms with E-state index in [1.807, 2.05) is 61.5 Å². The van der Waals surface area contributed by atoms with Gasteiger partial charge in [-0.3, -0.25) is 4.79 Å². The minimum atomic E-state index is -0.149. The number of benzene rings is 2. The van der Waals surface area contributed by atoms with Gasteiger partial charge in [0.15, 0.2) is 0 Å². The second kappa shape index (κ2) is 11.3. The highest BCUT2D eigenvalue weighted by atomic mass is 16.5. The molecule has 0 radical (unpaired) electrons. The minimum absolute atomic E-state index is 0. The molecule has 2 atom stereocenters. The molecule has 0 heterocycles. The van der Waals surface area contributed by atoms with Gasteiger partial charge < -0.3 is 10.1 Å². The fourth-order valence-electron chi connectivity index (χ4n) is 2.75. The molecule has 0 bridgehead atoms. The number of hydrogen-bond acceptors (Lipinski definition) is 2. The summed E-state index contributed by atoms with van der Waals surface area (Å²) in [6.07, 6.45) is 2.37. The molecule has 2 aromatic rings. The van der Waals surface area contributed by atoms with Gasteiger partial charge in [-0.05, 0) is 42.5 Å². The summed E-state index contributed by atoms with van der Waals surface area (Å²) in [5, 5.41) is 3.00. The van der Waals surface area contributed by atoms with Crippen LogP contribution in [0.4, 0.5) is 0 Å². The van der Waals surface area contributed by atoms with Crippen molar-refractivity contribution in [2.45, 2.75) is 53.5 Å². The first-order chi connectivity index (χ1) is 12.1. The number of ether oxygens (including phenoxy) is 1. The van der Waals surface area contributed by atoms with Crippen LogP contribution in [0, 0.1) is 5.92 Å².